The highest BCUT2D eigenvalue weighted by Crippen LogP contribution is 2.44. The Morgan fingerprint density at radius 3 is 1.02 bits per heavy atom. The minimum atomic E-state index is -0.258. The van der Waals surface area contributed by atoms with Crippen LogP contribution in [0, 0.1) is 11.8 Å². The van der Waals surface area contributed by atoms with Crippen molar-refractivity contribution in [2.45, 2.75) is 64.3 Å². The lowest BCUT2D eigenvalue weighted by molar-refractivity contribution is 0.201. The molecule has 1 saturated heterocycles. The standard InChI is InChI=1S/C29H36N6O3.C27H32N6O2.C25H27N5O3.C22H23N5O3/c1-29(2,19-30-9-10-36)35-18-21(15-32-35)28-16-31-26-8-7-22(13-27(26)33-28)34(17-20-5-6-20)23-11-24(37-3)14-25(12-23)38-4;1-31-19-20(17-29-31)27-18-28-25-8-7-21(15-26(25)30-27)33(12-6-11-32-9-4-5-10-32)22-13-23(34-2)16-24(14-22)35-3;1-29-16-18(13-27-29)25-14-26-23-6-5-19(11-24(23)28-25)30(15-17-3-4-17)20-9-21(32-2)12-22(10-20)33-8-7-31;1-26-14-15(12-24-26)22-13-23-20-5-4-16(10-21(20)25-22)27(6-7-28)17-8-18(29-2)11-19(9-17)30-3/h7-8,11-16,18,20,30,36H,5-6,9-10,17,19H2,1-4H3;7-8,13-19H,4-6,9-12H2,1-3H3;5-6,9-14,16-17,31H,3-4,7-8,15H2,1-2H3;4-5,8-14,28H,6-7H2,1-3H3. The second kappa shape index (κ2) is 44.0. The molecule has 0 amide bonds. The highest BCUT2D eigenvalue weighted by molar-refractivity contribution is 5.87. The summed E-state index contributed by atoms with van der Waals surface area (Å²) in [5, 5.41) is 48.5. The van der Waals surface area contributed by atoms with Gasteiger partial charge in [-0.2, -0.15) is 20.4 Å². The molecule has 16 aromatic rings. The zero-order chi connectivity index (χ0) is 94.8. The molecule has 33 heteroatoms. The Morgan fingerprint density at radius 2 is 0.691 bits per heavy atom. The van der Waals surface area contributed by atoms with Crippen molar-refractivity contribution < 1.29 is 53.2 Å². The van der Waals surface area contributed by atoms with Gasteiger partial charge in [-0.1, -0.05) is 0 Å². The molecular formula is C103H118N22O11. The van der Waals surface area contributed by atoms with E-state index in [1.807, 2.05) is 165 Å². The third-order valence-corrected chi connectivity index (χ3v) is 24.1. The fourth-order valence-electron chi connectivity index (χ4n) is 16.4. The first-order valence-corrected chi connectivity index (χ1v) is 45.7. The summed E-state index contributed by atoms with van der Waals surface area (Å²) in [6, 6.07) is 48.0. The van der Waals surface area contributed by atoms with Gasteiger partial charge in [-0.15, -0.1) is 0 Å². The summed E-state index contributed by atoms with van der Waals surface area (Å²) >= 11 is 0. The van der Waals surface area contributed by atoms with Crippen LogP contribution in [0.25, 0.3) is 89.2 Å². The van der Waals surface area contributed by atoms with Gasteiger partial charge in [-0.05, 0) is 163 Å². The van der Waals surface area contributed by atoms with Gasteiger partial charge in [0.25, 0.3) is 0 Å². The normalized spacial score (nSPS) is 13.0. The molecule has 19 rings (SSSR count). The van der Waals surface area contributed by atoms with E-state index in [1.165, 1.54) is 51.6 Å². The molecule has 33 nitrogen and oxygen atoms in total. The number of anilines is 8. The van der Waals surface area contributed by atoms with E-state index in [0.717, 1.165) is 190 Å². The molecule has 0 radical (unpaired) electrons. The van der Waals surface area contributed by atoms with Crippen LogP contribution >= 0.6 is 0 Å². The van der Waals surface area contributed by atoms with Gasteiger partial charge in [-0.3, -0.25) is 38.7 Å². The van der Waals surface area contributed by atoms with Crippen LogP contribution in [-0.4, -0.2) is 234 Å². The molecule has 3 aliphatic rings. The molecule has 136 heavy (non-hydrogen) atoms. The van der Waals surface area contributed by atoms with Crippen LogP contribution in [0.1, 0.15) is 58.8 Å². The minimum absolute atomic E-state index is 0.0149. The second-order valence-corrected chi connectivity index (χ2v) is 34.5. The van der Waals surface area contributed by atoms with Gasteiger partial charge in [0.2, 0.25) is 0 Å². The first-order valence-electron chi connectivity index (χ1n) is 45.7. The van der Waals surface area contributed by atoms with Crippen LogP contribution in [0.15, 0.2) is 220 Å². The number of hydrogen-bond donors (Lipinski definition) is 4. The Hall–Kier alpha value is -14.6. The highest BCUT2D eigenvalue weighted by atomic mass is 16.5. The lowest BCUT2D eigenvalue weighted by Crippen LogP contribution is -2.39. The zero-order valence-electron chi connectivity index (χ0n) is 79.1. The Balaban J connectivity index is 0.000000132. The van der Waals surface area contributed by atoms with Crippen LogP contribution in [-0.2, 0) is 26.7 Å². The third kappa shape index (κ3) is 23.7. The minimum Gasteiger partial charge on any atom is -0.497 e. The van der Waals surface area contributed by atoms with Crippen molar-refractivity contribution in [1.82, 2.24) is 89.2 Å². The van der Waals surface area contributed by atoms with Crippen LogP contribution in [0.2, 0.25) is 0 Å². The number of likely N-dealkylation sites (tertiary alicyclic amines) is 1. The van der Waals surface area contributed by atoms with Gasteiger partial charge < -0.3 is 83.0 Å². The maximum absolute atomic E-state index is 9.68. The molecule has 0 spiro atoms. The quantitative estimate of drug-likeness (QED) is 0.0263. The predicted molar refractivity (Wildman–Crippen MR) is 530 cm³/mol. The number of ether oxygens (including phenoxy) is 8. The number of nitrogens with one attached hydrogen (secondary N) is 1. The molecule has 4 N–H and O–H groups in total. The molecule has 1 aliphatic heterocycles. The number of aryl methyl sites for hydroxylation is 3. The molecule has 8 aromatic carbocycles. The van der Waals surface area contributed by atoms with E-state index >= 15 is 0 Å². The van der Waals surface area contributed by atoms with Crippen LogP contribution < -0.4 is 62.8 Å². The van der Waals surface area contributed by atoms with Gasteiger partial charge in [-0.25, -0.2) is 19.9 Å². The van der Waals surface area contributed by atoms with E-state index in [9.17, 15) is 5.11 Å². The molecule has 2 aliphatic carbocycles. The number of aromatic nitrogens is 16. The number of nitrogens with zero attached hydrogens (tertiary/aromatic N) is 21. The van der Waals surface area contributed by atoms with Crippen LogP contribution in [0.3, 0.4) is 0 Å². The number of aliphatic hydroxyl groups is 3. The summed E-state index contributed by atoms with van der Waals surface area (Å²) in [6.45, 7) is 12.3. The number of benzene rings is 8. The van der Waals surface area contributed by atoms with Crippen molar-refractivity contribution in [3.63, 3.8) is 0 Å². The topological polar surface area (TPSA) is 337 Å². The number of fused-ring (bicyclic) bond motifs is 4. The Kier molecular flexibility index (Phi) is 30.6. The summed E-state index contributed by atoms with van der Waals surface area (Å²) in [6.07, 6.45) is 30.7. The Morgan fingerprint density at radius 1 is 0.360 bits per heavy atom. The van der Waals surface area contributed by atoms with E-state index in [2.05, 4.69) is 123 Å². The molecular weight excluding hydrogens is 1720 g/mol. The Bertz CT molecular complexity index is 6660. The zero-order valence-corrected chi connectivity index (χ0v) is 79.1. The van der Waals surface area contributed by atoms with E-state index in [4.69, 9.17) is 73.0 Å². The van der Waals surface area contributed by atoms with Crippen molar-refractivity contribution in [2.24, 2.45) is 33.0 Å². The second-order valence-electron chi connectivity index (χ2n) is 34.5. The van der Waals surface area contributed by atoms with Gasteiger partial charge in [0.05, 0.1) is 192 Å². The van der Waals surface area contributed by atoms with Crippen LogP contribution in [0.5, 0.6) is 46.0 Å². The van der Waals surface area contributed by atoms with Gasteiger partial charge in [0, 0.05) is 226 Å². The summed E-state index contributed by atoms with van der Waals surface area (Å²) in [4.78, 5) is 49.4. The van der Waals surface area contributed by atoms with Crippen molar-refractivity contribution in [2.75, 3.05) is 155 Å². The summed E-state index contributed by atoms with van der Waals surface area (Å²) in [5.74, 6) is 7.09. The van der Waals surface area contributed by atoms with Crippen molar-refractivity contribution in [3.8, 4) is 91.0 Å². The van der Waals surface area contributed by atoms with E-state index in [0.29, 0.717) is 54.5 Å². The molecule has 706 valence electrons. The molecule has 0 bridgehead atoms. The summed E-state index contributed by atoms with van der Waals surface area (Å²) in [7, 11) is 17.2. The number of rotatable bonds is 37. The molecule has 0 atom stereocenters. The molecule has 3 fully saturated rings. The monoisotopic (exact) mass is 1840 g/mol. The van der Waals surface area contributed by atoms with E-state index < -0.39 is 0 Å². The lowest BCUT2D eigenvalue weighted by Gasteiger charge is -2.27. The summed E-state index contributed by atoms with van der Waals surface area (Å²) < 4.78 is 51.4. The maximum atomic E-state index is 9.68. The predicted octanol–water partition coefficient (Wildman–Crippen LogP) is 16.2. The van der Waals surface area contributed by atoms with Gasteiger partial charge in [0.1, 0.15) is 52.6 Å². The first-order chi connectivity index (χ1) is 66.2. The number of hydrogen-bond acceptors (Lipinski definition) is 29. The van der Waals surface area contributed by atoms with E-state index in [1.54, 1.807) is 101 Å². The highest BCUT2D eigenvalue weighted by Gasteiger charge is 2.30. The SMILES string of the molecule is COc1cc(OC)cc(N(CC2CC2)c2ccc3ncc(-c4cnn(C(C)(C)CNCCO)c4)nc3c2)c1.COc1cc(OC)cc(N(CCCN2CCCC2)c2ccc3ncc(-c4cnn(C)c4)nc3c2)c1.COc1cc(OC)cc(N(CCO)c2ccc3ncc(-c4cnn(C)c4)nc3c2)c1.COc1cc(OCCO)cc(N(CC2CC2)c2ccc3ncc(-c4cnn(C)c4)nc3c2)c1. The fourth-order valence-corrected chi connectivity index (χ4v) is 16.4. The van der Waals surface area contributed by atoms with Crippen molar-refractivity contribution in [1.29, 1.82) is 0 Å². The van der Waals surface area contributed by atoms with Crippen molar-refractivity contribution in [3.05, 3.63) is 220 Å². The molecule has 9 heterocycles. The van der Waals surface area contributed by atoms with Gasteiger partial charge >= 0.3 is 0 Å². The number of methoxy groups -OCH3 is 7. The molecule has 2 saturated carbocycles. The number of aliphatic hydroxyl groups excluding tert-OH is 3. The van der Waals surface area contributed by atoms with Crippen molar-refractivity contribution >= 4 is 89.6 Å². The molecule has 0 unspecified atom stereocenters. The maximum Gasteiger partial charge on any atom is 0.125 e. The first kappa shape index (κ1) is 94.6. The van der Waals surface area contributed by atoms with Crippen LogP contribution in [0.4, 0.5) is 45.5 Å². The average Bonchev–Trinajstić information content (AvgIpc) is 1.25. The summed E-state index contributed by atoms with van der Waals surface area (Å²) in [5.41, 5.74) is 21.1. The van der Waals surface area contributed by atoms with Gasteiger partial charge in [0.15, 0.2) is 0 Å². The van der Waals surface area contributed by atoms with E-state index in [-0.39, 0.29) is 32.0 Å². The largest absolute Gasteiger partial charge is 0.497 e. The smallest absolute Gasteiger partial charge is 0.125 e. The fraction of sp³-hybridized carbons (Fsp3) is 0.340. The lowest BCUT2D eigenvalue weighted by atomic mass is 10.1. The molecule has 8 aromatic heterocycles. The third-order valence-electron chi connectivity index (χ3n) is 24.1. The average molecular weight is 1840 g/mol. The Labute approximate surface area is 790 Å².